The van der Waals surface area contributed by atoms with Crippen molar-refractivity contribution in [1.29, 1.82) is 5.26 Å². The summed E-state index contributed by atoms with van der Waals surface area (Å²) in [6, 6.07) is 3.46. The molecule has 5 nitrogen and oxygen atoms in total. The highest BCUT2D eigenvalue weighted by molar-refractivity contribution is 5.97. The maximum Gasteiger partial charge on any atom is 0.348 e. The summed E-state index contributed by atoms with van der Waals surface area (Å²) in [6.45, 7) is 0. The number of hydrogen-bond donors (Lipinski definition) is 0. The minimum absolute atomic E-state index is 0.0453. The van der Waals surface area contributed by atoms with Crippen LogP contribution in [0.5, 0.6) is 0 Å². The molecule has 0 radical (unpaired) electrons. The molecular weight excluding hydrogens is 182 g/mol. The van der Waals surface area contributed by atoms with E-state index in [9.17, 15) is 4.79 Å². The highest BCUT2D eigenvalue weighted by atomic mass is 16.5. The quantitative estimate of drug-likeness (QED) is 0.388. The van der Waals surface area contributed by atoms with Crippen molar-refractivity contribution in [3.05, 3.63) is 23.5 Å². The molecule has 0 bridgehead atoms. The van der Waals surface area contributed by atoms with E-state index in [1.165, 1.54) is 13.2 Å². The summed E-state index contributed by atoms with van der Waals surface area (Å²) in [6.07, 6.45) is 3.01. The van der Waals surface area contributed by atoms with Gasteiger partial charge in [-0.15, -0.1) is 0 Å². The van der Waals surface area contributed by atoms with Crippen molar-refractivity contribution >= 4 is 12.0 Å². The molecule has 0 unspecified atom stereocenters. The molecule has 1 heterocycles. The number of esters is 1. The van der Waals surface area contributed by atoms with Gasteiger partial charge < -0.3 is 4.74 Å². The van der Waals surface area contributed by atoms with Gasteiger partial charge in [-0.3, -0.25) is 4.68 Å². The van der Waals surface area contributed by atoms with Gasteiger partial charge in [0.05, 0.1) is 12.8 Å². The summed E-state index contributed by atoms with van der Waals surface area (Å²) in [7, 11) is 2.95. The van der Waals surface area contributed by atoms with Crippen LogP contribution in [-0.2, 0) is 16.6 Å². The van der Waals surface area contributed by atoms with Crippen molar-refractivity contribution in [2.45, 2.75) is 0 Å². The van der Waals surface area contributed by atoms with Gasteiger partial charge in [-0.25, -0.2) is 4.79 Å². The molecule has 0 saturated carbocycles. The Morgan fingerprint density at radius 3 is 2.93 bits per heavy atom. The topological polar surface area (TPSA) is 67.9 Å². The first-order valence-electron chi connectivity index (χ1n) is 3.87. The molecule has 0 fully saturated rings. The SMILES string of the molecule is COC(=O)C(C#N)=Cc1ccnn1C. The summed E-state index contributed by atoms with van der Waals surface area (Å²) < 4.78 is 5.99. The summed E-state index contributed by atoms with van der Waals surface area (Å²) >= 11 is 0. The van der Waals surface area contributed by atoms with E-state index in [4.69, 9.17) is 5.26 Å². The van der Waals surface area contributed by atoms with Gasteiger partial charge in [-0.1, -0.05) is 0 Å². The Labute approximate surface area is 81.2 Å². The normalized spacial score (nSPS) is 10.8. The van der Waals surface area contributed by atoms with Crippen LogP contribution in [0.4, 0.5) is 0 Å². The lowest BCUT2D eigenvalue weighted by atomic mass is 10.2. The van der Waals surface area contributed by atoms with Crippen molar-refractivity contribution in [3.8, 4) is 6.07 Å². The number of carbonyl (C=O) groups is 1. The number of rotatable bonds is 2. The van der Waals surface area contributed by atoms with Gasteiger partial charge in [-0.2, -0.15) is 10.4 Å². The molecule has 0 N–H and O–H groups in total. The Morgan fingerprint density at radius 2 is 2.50 bits per heavy atom. The number of aryl methyl sites for hydroxylation is 1. The molecule has 0 amide bonds. The smallest absolute Gasteiger partial charge is 0.348 e. The average Bonchev–Trinajstić information content (AvgIpc) is 2.59. The third kappa shape index (κ3) is 1.98. The van der Waals surface area contributed by atoms with Gasteiger partial charge in [0.25, 0.3) is 0 Å². The van der Waals surface area contributed by atoms with E-state index in [0.29, 0.717) is 5.69 Å². The van der Waals surface area contributed by atoms with E-state index in [2.05, 4.69) is 9.84 Å². The van der Waals surface area contributed by atoms with Crippen molar-refractivity contribution in [1.82, 2.24) is 9.78 Å². The molecule has 1 rings (SSSR count). The fourth-order valence-electron chi connectivity index (χ4n) is 0.920. The molecule has 0 aliphatic carbocycles. The van der Waals surface area contributed by atoms with E-state index in [-0.39, 0.29) is 5.57 Å². The first-order valence-corrected chi connectivity index (χ1v) is 3.87. The monoisotopic (exact) mass is 191 g/mol. The highest BCUT2D eigenvalue weighted by Gasteiger charge is 2.09. The summed E-state index contributed by atoms with van der Waals surface area (Å²) in [5, 5.41) is 12.6. The molecule has 0 aliphatic heterocycles. The number of aromatic nitrogens is 2. The van der Waals surface area contributed by atoms with Crippen LogP contribution < -0.4 is 0 Å². The summed E-state index contributed by atoms with van der Waals surface area (Å²) in [5.41, 5.74) is 0.628. The minimum atomic E-state index is -0.645. The van der Waals surface area contributed by atoms with Gasteiger partial charge in [0.15, 0.2) is 0 Å². The van der Waals surface area contributed by atoms with Gasteiger partial charge in [0.2, 0.25) is 0 Å². The van der Waals surface area contributed by atoms with E-state index in [0.717, 1.165) is 0 Å². The third-order valence-corrected chi connectivity index (χ3v) is 1.68. The van der Waals surface area contributed by atoms with Gasteiger partial charge in [-0.05, 0) is 12.1 Å². The Bertz CT molecular complexity index is 412. The van der Waals surface area contributed by atoms with Gasteiger partial charge >= 0.3 is 5.97 Å². The second-order valence-electron chi connectivity index (χ2n) is 2.54. The fraction of sp³-hybridized carbons (Fsp3) is 0.222. The molecule has 0 atom stereocenters. The van der Waals surface area contributed by atoms with E-state index >= 15 is 0 Å². The van der Waals surface area contributed by atoms with Crippen molar-refractivity contribution in [2.24, 2.45) is 7.05 Å². The molecule has 0 saturated heterocycles. The molecule has 72 valence electrons. The first kappa shape index (κ1) is 9.99. The van der Waals surface area contributed by atoms with Crippen molar-refractivity contribution in [2.75, 3.05) is 7.11 Å². The molecule has 0 spiro atoms. The summed E-state index contributed by atoms with van der Waals surface area (Å²) in [5.74, 6) is -0.645. The van der Waals surface area contributed by atoms with Crippen molar-refractivity contribution < 1.29 is 9.53 Å². The van der Waals surface area contributed by atoms with E-state index in [1.54, 1.807) is 30.1 Å². The Kier molecular flexibility index (Phi) is 3.02. The first-order chi connectivity index (χ1) is 6.69. The standard InChI is InChI=1S/C9H9N3O2/c1-12-8(3-4-11-12)5-7(6-10)9(13)14-2/h3-5H,1-2H3. The number of hydrogen-bond acceptors (Lipinski definition) is 4. The van der Waals surface area contributed by atoms with Gasteiger partial charge in [0.1, 0.15) is 11.6 Å². The zero-order chi connectivity index (χ0) is 10.6. The predicted molar refractivity (Wildman–Crippen MR) is 48.8 cm³/mol. The average molecular weight is 191 g/mol. The number of nitriles is 1. The van der Waals surface area contributed by atoms with Crippen LogP contribution in [-0.4, -0.2) is 22.9 Å². The minimum Gasteiger partial charge on any atom is -0.465 e. The maximum absolute atomic E-state index is 11.0. The molecule has 5 heteroatoms. The zero-order valence-electron chi connectivity index (χ0n) is 7.89. The van der Waals surface area contributed by atoms with E-state index < -0.39 is 5.97 Å². The molecule has 0 aliphatic rings. The van der Waals surface area contributed by atoms with E-state index in [1.807, 2.05) is 0 Å². The molecule has 1 aromatic heterocycles. The van der Waals surface area contributed by atoms with Gasteiger partial charge in [0, 0.05) is 13.2 Å². The molecule has 1 aromatic rings. The highest BCUT2D eigenvalue weighted by Crippen LogP contribution is 2.05. The van der Waals surface area contributed by atoms with Crippen LogP contribution in [0.15, 0.2) is 17.8 Å². The molecular formula is C9H9N3O2. The van der Waals surface area contributed by atoms with Crippen LogP contribution in [0.1, 0.15) is 5.69 Å². The number of ether oxygens (including phenoxy) is 1. The van der Waals surface area contributed by atoms with Crippen LogP contribution in [0.25, 0.3) is 6.08 Å². The number of methoxy groups -OCH3 is 1. The second kappa shape index (κ2) is 4.23. The fourth-order valence-corrected chi connectivity index (χ4v) is 0.920. The Morgan fingerprint density at radius 1 is 1.79 bits per heavy atom. The second-order valence-corrected chi connectivity index (χ2v) is 2.54. The maximum atomic E-state index is 11.0. The molecule has 14 heavy (non-hydrogen) atoms. The molecule has 0 aromatic carbocycles. The summed E-state index contributed by atoms with van der Waals surface area (Å²) in [4.78, 5) is 11.0. The number of carbonyl (C=O) groups excluding carboxylic acids is 1. The lowest BCUT2D eigenvalue weighted by Crippen LogP contribution is -2.03. The van der Waals surface area contributed by atoms with Crippen LogP contribution in [0, 0.1) is 11.3 Å². The lowest BCUT2D eigenvalue weighted by Gasteiger charge is -1.97. The van der Waals surface area contributed by atoms with Crippen molar-refractivity contribution in [3.63, 3.8) is 0 Å². The number of nitrogens with zero attached hydrogens (tertiary/aromatic N) is 3. The Hall–Kier alpha value is -2.09. The Balaban J connectivity index is 3.03. The largest absolute Gasteiger partial charge is 0.465 e. The van der Waals surface area contributed by atoms with Crippen LogP contribution in [0.2, 0.25) is 0 Å². The zero-order valence-corrected chi connectivity index (χ0v) is 7.89. The third-order valence-electron chi connectivity index (χ3n) is 1.68. The van der Waals surface area contributed by atoms with Crippen LogP contribution >= 0.6 is 0 Å². The van der Waals surface area contributed by atoms with Crippen LogP contribution in [0.3, 0.4) is 0 Å². The lowest BCUT2D eigenvalue weighted by molar-refractivity contribution is -0.135. The predicted octanol–water partition coefficient (Wildman–Crippen LogP) is 0.500.